The van der Waals surface area contributed by atoms with Gasteiger partial charge in [-0.15, -0.1) is 0 Å². The lowest BCUT2D eigenvalue weighted by Crippen LogP contribution is -2.61. The summed E-state index contributed by atoms with van der Waals surface area (Å²) in [7, 11) is 3.96. The number of aromatic hydroxyl groups is 1. The SMILES string of the molecule is CNCCCOc1ccc2cc(/C(N)=C/C=C(\N)N(C)C3CC(C)(C)NC(C)(C)C3)c(O)cc2c1. The lowest BCUT2D eigenvalue weighted by atomic mass is 9.79. The van der Waals surface area contributed by atoms with Gasteiger partial charge in [0.1, 0.15) is 11.5 Å². The second-order valence-corrected chi connectivity index (χ2v) is 11.0. The Morgan fingerprint density at radius 2 is 1.80 bits per heavy atom. The molecule has 192 valence electrons. The largest absolute Gasteiger partial charge is 0.507 e. The lowest BCUT2D eigenvalue weighted by molar-refractivity contribution is 0.0981. The van der Waals surface area contributed by atoms with Crippen LogP contribution in [0.25, 0.3) is 16.5 Å². The Morgan fingerprint density at radius 1 is 1.11 bits per heavy atom. The normalized spacial score (nSPS) is 18.6. The molecule has 7 nitrogen and oxygen atoms in total. The molecular weight excluding hydrogens is 438 g/mol. The Hall–Kier alpha value is -2.90. The molecule has 1 saturated heterocycles. The van der Waals surface area contributed by atoms with Gasteiger partial charge in [0, 0.05) is 35.4 Å². The highest BCUT2D eigenvalue weighted by atomic mass is 16.5. The second-order valence-electron chi connectivity index (χ2n) is 11.0. The third kappa shape index (κ3) is 7.05. The van der Waals surface area contributed by atoms with E-state index in [1.165, 1.54) is 0 Å². The number of benzene rings is 2. The van der Waals surface area contributed by atoms with Crippen LogP contribution in [0, 0.1) is 0 Å². The Morgan fingerprint density at radius 3 is 2.46 bits per heavy atom. The summed E-state index contributed by atoms with van der Waals surface area (Å²) in [5.41, 5.74) is 13.9. The highest BCUT2D eigenvalue weighted by Crippen LogP contribution is 2.33. The molecule has 0 spiro atoms. The average molecular weight is 482 g/mol. The fourth-order valence-electron chi connectivity index (χ4n) is 5.16. The zero-order valence-corrected chi connectivity index (χ0v) is 22.1. The van der Waals surface area contributed by atoms with Crippen LogP contribution in [0.15, 0.2) is 48.3 Å². The van der Waals surface area contributed by atoms with E-state index in [-0.39, 0.29) is 16.8 Å². The average Bonchev–Trinajstić information content (AvgIpc) is 2.77. The number of ether oxygens (including phenoxy) is 1. The third-order valence-corrected chi connectivity index (χ3v) is 6.63. The first-order valence-corrected chi connectivity index (χ1v) is 12.4. The molecule has 1 heterocycles. The summed E-state index contributed by atoms with van der Waals surface area (Å²) in [6.07, 6.45) is 6.51. The van der Waals surface area contributed by atoms with E-state index in [9.17, 15) is 5.11 Å². The van der Waals surface area contributed by atoms with E-state index in [2.05, 4.69) is 43.2 Å². The highest BCUT2D eigenvalue weighted by molar-refractivity contribution is 5.89. The van der Waals surface area contributed by atoms with Gasteiger partial charge in [-0.1, -0.05) is 6.07 Å². The van der Waals surface area contributed by atoms with Crippen molar-refractivity contribution >= 4 is 16.5 Å². The summed E-state index contributed by atoms with van der Waals surface area (Å²) in [4.78, 5) is 2.13. The van der Waals surface area contributed by atoms with Crippen LogP contribution in [0.2, 0.25) is 0 Å². The van der Waals surface area contributed by atoms with Crippen LogP contribution in [0.1, 0.15) is 52.5 Å². The molecule has 1 aliphatic rings. The maximum Gasteiger partial charge on any atom is 0.125 e. The molecule has 0 aromatic heterocycles. The van der Waals surface area contributed by atoms with Gasteiger partial charge >= 0.3 is 0 Å². The van der Waals surface area contributed by atoms with E-state index in [0.29, 0.717) is 29.7 Å². The number of phenols is 1. The number of allylic oxidation sites excluding steroid dienone is 2. The summed E-state index contributed by atoms with van der Waals surface area (Å²) in [6, 6.07) is 9.80. The van der Waals surface area contributed by atoms with Gasteiger partial charge in [-0.3, -0.25) is 0 Å². The Labute approximate surface area is 210 Å². The van der Waals surface area contributed by atoms with Crippen LogP contribution in [0.3, 0.4) is 0 Å². The number of phenolic OH excluding ortho intramolecular Hbond substituents is 1. The van der Waals surface area contributed by atoms with Crippen LogP contribution in [0.4, 0.5) is 0 Å². The van der Waals surface area contributed by atoms with Gasteiger partial charge in [0.2, 0.25) is 0 Å². The van der Waals surface area contributed by atoms with Gasteiger partial charge in [0.15, 0.2) is 0 Å². The lowest BCUT2D eigenvalue weighted by Gasteiger charge is -2.49. The van der Waals surface area contributed by atoms with Crippen molar-refractivity contribution in [3.63, 3.8) is 0 Å². The predicted octanol–water partition coefficient (Wildman–Crippen LogP) is 3.87. The minimum Gasteiger partial charge on any atom is -0.507 e. The summed E-state index contributed by atoms with van der Waals surface area (Å²) in [6.45, 7) is 10.5. The van der Waals surface area contributed by atoms with Gasteiger partial charge in [0.05, 0.1) is 12.4 Å². The molecule has 0 saturated carbocycles. The van der Waals surface area contributed by atoms with Crippen molar-refractivity contribution in [1.29, 1.82) is 0 Å². The standard InChI is InChI=1S/C28H43N5O2/c1-27(2)17-21(18-28(3,4)32-27)33(6)26(30)11-10-24(29)23-15-19-8-9-22(35-13-7-12-31-5)14-20(19)16-25(23)34/h8-11,14-16,21,31-32,34H,7,12-13,17-18,29-30H2,1-6H3/b24-10-,26-11+. The van der Waals surface area contributed by atoms with Crippen molar-refractivity contribution in [1.82, 2.24) is 15.5 Å². The summed E-state index contributed by atoms with van der Waals surface area (Å²) in [5, 5.41) is 19.4. The zero-order chi connectivity index (χ0) is 25.8. The molecule has 3 rings (SSSR count). The first-order valence-electron chi connectivity index (χ1n) is 12.4. The van der Waals surface area contributed by atoms with Crippen LogP contribution in [-0.2, 0) is 0 Å². The van der Waals surface area contributed by atoms with Crippen molar-refractivity contribution in [2.45, 2.75) is 64.1 Å². The summed E-state index contributed by atoms with van der Waals surface area (Å²) >= 11 is 0. The van der Waals surface area contributed by atoms with Crippen molar-refractivity contribution in [3.8, 4) is 11.5 Å². The Balaban J connectivity index is 1.75. The summed E-state index contributed by atoms with van der Waals surface area (Å²) < 4.78 is 5.81. The molecule has 0 bridgehead atoms. The van der Waals surface area contributed by atoms with Crippen molar-refractivity contribution in [2.75, 3.05) is 27.2 Å². The fourth-order valence-corrected chi connectivity index (χ4v) is 5.16. The second kappa shape index (κ2) is 10.8. The van der Waals surface area contributed by atoms with E-state index in [0.717, 1.165) is 42.3 Å². The molecule has 0 radical (unpaired) electrons. The Bertz CT molecular complexity index is 1070. The first kappa shape index (κ1) is 26.7. The zero-order valence-electron chi connectivity index (χ0n) is 22.1. The molecule has 2 aromatic carbocycles. The van der Waals surface area contributed by atoms with Crippen molar-refractivity contribution in [2.24, 2.45) is 11.5 Å². The fraction of sp³-hybridized carbons (Fsp3) is 0.500. The Kier molecular flexibility index (Phi) is 8.23. The molecule has 7 heteroatoms. The maximum atomic E-state index is 10.7. The van der Waals surface area contributed by atoms with E-state index < -0.39 is 0 Å². The van der Waals surface area contributed by atoms with Crippen LogP contribution < -0.4 is 26.8 Å². The quantitative estimate of drug-likeness (QED) is 0.273. The van der Waals surface area contributed by atoms with Crippen LogP contribution in [-0.4, -0.2) is 54.4 Å². The molecule has 1 aliphatic heterocycles. The van der Waals surface area contributed by atoms with Crippen LogP contribution >= 0.6 is 0 Å². The molecule has 1 fully saturated rings. The molecule has 0 aliphatic carbocycles. The monoisotopic (exact) mass is 481 g/mol. The molecule has 35 heavy (non-hydrogen) atoms. The number of nitrogens with one attached hydrogen (secondary N) is 2. The van der Waals surface area contributed by atoms with Gasteiger partial charge < -0.3 is 36.8 Å². The van der Waals surface area contributed by atoms with Crippen molar-refractivity contribution in [3.05, 3.63) is 53.9 Å². The highest BCUT2D eigenvalue weighted by Gasteiger charge is 2.39. The minimum absolute atomic E-state index is 0.0321. The minimum atomic E-state index is 0.0321. The molecule has 0 unspecified atom stereocenters. The van der Waals surface area contributed by atoms with Gasteiger partial charge in [0.25, 0.3) is 0 Å². The van der Waals surface area contributed by atoms with Gasteiger partial charge in [-0.25, -0.2) is 0 Å². The van der Waals surface area contributed by atoms with Crippen molar-refractivity contribution < 1.29 is 9.84 Å². The molecule has 0 amide bonds. The van der Waals surface area contributed by atoms with E-state index in [1.54, 1.807) is 12.1 Å². The number of nitrogens with two attached hydrogens (primary N) is 2. The van der Waals surface area contributed by atoms with E-state index in [4.69, 9.17) is 16.2 Å². The number of fused-ring (bicyclic) bond motifs is 1. The number of nitrogens with zero attached hydrogens (tertiary/aromatic N) is 1. The number of piperidine rings is 1. The number of rotatable bonds is 9. The van der Waals surface area contributed by atoms with Crippen LogP contribution in [0.5, 0.6) is 11.5 Å². The molecule has 7 N–H and O–H groups in total. The third-order valence-electron chi connectivity index (χ3n) is 6.63. The van der Waals surface area contributed by atoms with E-state index in [1.807, 2.05) is 44.4 Å². The van der Waals surface area contributed by atoms with Gasteiger partial charge in [-0.05, 0) is 108 Å². The number of hydrogen-bond acceptors (Lipinski definition) is 7. The first-order chi connectivity index (χ1) is 16.4. The predicted molar refractivity (Wildman–Crippen MR) is 146 cm³/mol. The molecule has 0 atom stereocenters. The molecule has 2 aromatic rings. The maximum absolute atomic E-state index is 10.7. The number of hydrogen-bond donors (Lipinski definition) is 5. The van der Waals surface area contributed by atoms with E-state index >= 15 is 0 Å². The molecular formula is C28H43N5O2. The smallest absolute Gasteiger partial charge is 0.125 e. The summed E-state index contributed by atoms with van der Waals surface area (Å²) in [5.74, 6) is 1.56. The topological polar surface area (TPSA) is 109 Å². The van der Waals surface area contributed by atoms with Gasteiger partial charge in [-0.2, -0.15) is 0 Å².